The third kappa shape index (κ3) is 4.91. The molecule has 0 heterocycles. The Bertz CT molecular complexity index is 1070. The van der Waals surface area contributed by atoms with Crippen LogP contribution in [0.1, 0.15) is 0 Å². The molecule has 0 aliphatic rings. The van der Waals surface area contributed by atoms with Crippen molar-refractivity contribution in [1.82, 2.24) is 0 Å². The van der Waals surface area contributed by atoms with Crippen LogP contribution in [0.15, 0.2) is 83.8 Å². The maximum atomic E-state index is 13.2. The second kappa shape index (κ2) is 8.74. The van der Waals surface area contributed by atoms with Gasteiger partial charge in [-0.25, -0.2) is 12.8 Å². The zero-order valence-corrected chi connectivity index (χ0v) is 16.3. The lowest BCUT2D eigenvalue weighted by Crippen LogP contribution is -2.36. The van der Waals surface area contributed by atoms with Crippen LogP contribution in [0, 0.1) is 5.82 Å². The first-order valence-electron chi connectivity index (χ1n) is 8.58. The molecule has 0 aliphatic carbocycles. The van der Waals surface area contributed by atoms with E-state index in [2.05, 4.69) is 4.74 Å². The van der Waals surface area contributed by atoms with E-state index >= 15 is 0 Å². The first kappa shape index (κ1) is 20.3. The van der Waals surface area contributed by atoms with Gasteiger partial charge in [0.05, 0.1) is 17.7 Å². The molecule has 3 aromatic carbocycles. The molecule has 0 aliphatic heterocycles. The molecule has 0 bridgehead atoms. The predicted octanol–water partition coefficient (Wildman–Crippen LogP) is 3.99. The minimum absolute atomic E-state index is 0.146. The maximum absolute atomic E-state index is 13.2. The third-order valence-electron chi connectivity index (χ3n) is 4.01. The van der Waals surface area contributed by atoms with E-state index in [0.29, 0.717) is 11.5 Å². The summed E-state index contributed by atoms with van der Waals surface area (Å²) in [7, 11) is -2.95. The molecule has 0 saturated heterocycles. The normalized spacial score (nSPS) is 11.0. The van der Waals surface area contributed by atoms with Crippen molar-refractivity contribution in [1.29, 1.82) is 0 Å². The van der Waals surface area contributed by atoms with Crippen LogP contribution in [0.2, 0.25) is 0 Å². The fourth-order valence-electron chi connectivity index (χ4n) is 2.54. The number of esters is 1. The van der Waals surface area contributed by atoms with Crippen LogP contribution in [0.5, 0.6) is 11.5 Å². The van der Waals surface area contributed by atoms with Gasteiger partial charge in [0.1, 0.15) is 23.9 Å². The summed E-state index contributed by atoms with van der Waals surface area (Å²) >= 11 is 0. The molecular weight excluding hydrogens is 397 g/mol. The summed E-state index contributed by atoms with van der Waals surface area (Å²) in [6.45, 7) is -0.533. The largest absolute Gasteiger partial charge is 0.468 e. The van der Waals surface area contributed by atoms with Gasteiger partial charge >= 0.3 is 5.97 Å². The van der Waals surface area contributed by atoms with Gasteiger partial charge in [0.25, 0.3) is 10.0 Å². The Kier molecular flexibility index (Phi) is 6.13. The minimum atomic E-state index is -4.12. The molecule has 6 nitrogen and oxygen atoms in total. The number of ether oxygens (including phenoxy) is 2. The van der Waals surface area contributed by atoms with Crippen LogP contribution < -0.4 is 9.04 Å². The van der Waals surface area contributed by atoms with E-state index in [0.717, 1.165) is 28.6 Å². The SMILES string of the molecule is COC(=O)CN(c1ccc(Oc2ccccc2)cc1)S(=O)(=O)c1ccc(F)cc1. The Labute approximate surface area is 168 Å². The van der Waals surface area contributed by atoms with Crippen molar-refractivity contribution in [2.45, 2.75) is 4.90 Å². The molecule has 150 valence electrons. The lowest BCUT2D eigenvalue weighted by molar-refractivity contribution is -0.138. The van der Waals surface area contributed by atoms with Crippen LogP contribution in [-0.2, 0) is 19.6 Å². The van der Waals surface area contributed by atoms with E-state index in [4.69, 9.17) is 4.74 Å². The van der Waals surface area contributed by atoms with Gasteiger partial charge in [0, 0.05) is 0 Å². The highest BCUT2D eigenvalue weighted by Gasteiger charge is 2.27. The molecule has 3 aromatic rings. The monoisotopic (exact) mass is 415 g/mol. The first-order valence-corrected chi connectivity index (χ1v) is 10.0. The van der Waals surface area contributed by atoms with Crippen LogP contribution in [0.4, 0.5) is 10.1 Å². The van der Waals surface area contributed by atoms with Crippen molar-refractivity contribution >= 4 is 21.7 Å². The van der Waals surface area contributed by atoms with Crippen molar-refractivity contribution < 1.29 is 27.1 Å². The van der Waals surface area contributed by atoms with E-state index in [-0.39, 0.29) is 10.6 Å². The van der Waals surface area contributed by atoms with Gasteiger partial charge < -0.3 is 9.47 Å². The predicted molar refractivity (Wildman–Crippen MR) is 106 cm³/mol. The first-order chi connectivity index (χ1) is 13.9. The Morgan fingerprint density at radius 3 is 2.07 bits per heavy atom. The number of methoxy groups -OCH3 is 1. The highest BCUT2D eigenvalue weighted by Crippen LogP contribution is 2.28. The molecular formula is C21H18FNO5S. The van der Waals surface area contributed by atoms with Gasteiger partial charge in [-0.2, -0.15) is 0 Å². The number of hydrogen-bond donors (Lipinski definition) is 0. The number of rotatable bonds is 7. The summed E-state index contributed by atoms with van der Waals surface area (Å²) in [4.78, 5) is 11.7. The highest BCUT2D eigenvalue weighted by atomic mass is 32.2. The third-order valence-corrected chi connectivity index (χ3v) is 5.79. The van der Waals surface area contributed by atoms with Gasteiger partial charge in [-0.15, -0.1) is 0 Å². The topological polar surface area (TPSA) is 72.9 Å². The number of halogens is 1. The zero-order valence-electron chi connectivity index (χ0n) is 15.5. The summed E-state index contributed by atoms with van der Waals surface area (Å²) < 4.78 is 50.5. The summed E-state index contributed by atoms with van der Waals surface area (Å²) in [5.74, 6) is -0.172. The van der Waals surface area contributed by atoms with E-state index in [1.807, 2.05) is 18.2 Å². The Balaban J connectivity index is 1.92. The Morgan fingerprint density at radius 2 is 1.48 bits per heavy atom. The van der Waals surface area contributed by atoms with E-state index in [1.165, 1.54) is 19.2 Å². The molecule has 0 amide bonds. The number of para-hydroxylation sites is 1. The molecule has 0 fully saturated rings. The van der Waals surface area contributed by atoms with Gasteiger partial charge in [0.2, 0.25) is 0 Å². The Morgan fingerprint density at radius 1 is 0.897 bits per heavy atom. The molecule has 0 atom stereocenters. The number of anilines is 1. The summed E-state index contributed by atoms with van der Waals surface area (Å²) in [5.41, 5.74) is 0.236. The average Bonchev–Trinajstić information content (AvgIpc) is 2.73. The average molecular weight is 415 g/mol. The van der Waals surface area contributed by atoms with Crippen molar-refractivity contribution in [3.8, 4) is 11.5 Å². The molecule has 0 spiro atoms. The van der Waals surface area contributed by atoms with Crippen LogP contribution >= 0.6 is 0 Å². The van der Waals surface area contributed by atoms with Crippen molar-refractivity contribution in [3.05, 3.63) is 84.7 Å². The van der Waals surface area contributed by atoms with Crippen LogP contribution in [0.25, 0.3) is 0 Å². The smallest absolute Gasteiger partial charge is 0.326 e. The van der Waals surface area contributed by atoms with E-state index in [9.17, 15) is 17.6 Å². The van der Waals surface area contributed by atoms with Crippen molar-refractivity contribution in [3.63, 3.8) is 0 Å². The minimum Gasteiger partial charge on any atom is -0.468 e. The molecule has 0 radical (unpaired) electrons. The molecule has 29 heavy (non-hydrogen) atoms. The van der Waals surface area contributed by atoms with Gasteiger partial charge in [-0.1, -0.05) is 18.2 Å². The maximum Gasteiger partial charge on any atom is 0.326 e. The van der Waals surface area contributed by atoms with E-state index in [1.54, 1.807) is 24.3 Å². The number of hydrogen-bond acceptors (Lipinski definition) is 5. The summed E-state index contributed by atoms with van der Waals surface area (Å²) in [6, 6.07) is 19.7. The zero-order chi connectivity index (χ0) is 20.9. The van der Waals surface area contributed by atoms with Crippen molar-refractivity contribution in [2.24, 2.45) is 0 Å². The molecule has 0 saturated carbocycles. The fourth-order valence-corrected chi connectivity index (χ4v) is 3.94. The fraction of sp³-hybridized carbons (Fsp3) is 0.0952. The second-order valence-electron chi connectivity index (χ2n) is 5.95. The van der Waals surface area contributed by atoms with Gasteiger partial charge in [0.15, 0.2) is 0 Å². The molecule has 3 rings (SSSR count). The number of benzene rings is 3. The number of carbonyl (C=O) groups excluding carboxylic acids is 1. The molecule has 0 N–H and O–H groups in total. The number of nitrogens with zero attached hydrogens (tertiary/aromatic N) is 1. The molecule has 0 aromatic heterocycles. The summed E-state index contributed by atoms with van der Waals surface area (Å²) in [5, 5.41) is 0. The summed E-state index contributed by atoms with van der Waals surface area (Å²) in [6.07, 6.45) is 0. The lowest BCUT2D eigenvalue weighted by atomic mass is 10.3. The molecule has 8 heteroatoms. The van der Waals surface area contributed by atoms with Crippen molar-refractivity contribution in [2.75, 3.05) is 18.0 Å². The number of sulfonamides is 1. The van der Waals surface area contributed by atoms with Crippen LogP contribution in [0.3, 0.4) is 0 Å². The Hall–Kier alpha value is -3.39. The number of carbonyl (C=O) groups is 1. The highest BCUT2D eigenvalue weighted by molar-refractivity contribution is 7.92. The quantitative estimate of drug-likeness (QED) is 0.546. The second-order valence-corrected chi connectivity index (χ2v) is 7.81. The standard InChI is InChI=1S/C21H18FNO5S/c1-27-21(24)15-23(29(25,26)20-13-7-16(22)8-14-20)17-9-11-19(12-10-17)28-18-5-3-2-4-6-18/h2-14H,15H2,1H3. The van der Waals surface area contributed by atoms with E-state index < -0.39 is 28.4 Å². The lowest BCUT2D eigenvalue weighted by Gasteiger charge is -2.23. The molecule has 0 unspecified atom stereocenters. The van der Waals surface area contributed by atoms with Gasteiger partial charge in [-0.3, -0.25) is 9.10 Å². The van der Waals surface area contributed by atoms with Gasteiger partial charge in [-0.05, 0) is 60.7 Å². The van der Waals surface area contributed by atoms with Crippen LogP contribution in [-0.4, -0.2) is 28.0 Å².